The summed E-state index contributed by atoms with van der Waals surface area (Å²) in [7, 11) is -1.92. The van der Waals surface area contributed by atoms with Gasteiger partial charge in [-0.25, -0.2) is 0 Å². The maximum atomic E-state index is 3.64. The predicted octanol–water partition coefficient (Wildman–Crippen LogP) is 4.27. The van der Waals surface area contributed by atoms with Crippen LogP contribution in [0.1, 0.15) is 5.56 Å². The van der Waals surface area contributed by atoms with Gasteiger partial charge < -0.3 is 0 Å². The molecular formula is C7H7Br3Ti. The fourth-order valence-electron chi connectivity index (χ4n) is 0.827. The molecule has 0 aliphatic rings. The summed E-state index contributed by atoms with van der Waals surface area (Å²) in [6.45, 7) is 0. The van der Waals surface area contributed by atoms with Gasteiger partial charge in [-0.3, -0.25) is 0 Å². The number of benzene rings is 1. The summed E-state index contributed by atoms with van der Waals surface area (Å²) < 4.78 is 1.10. The van der Waals surface area contributed by atoms with Crippen molar-refractivity contribution in [3.05, 3.63) is 35.9 Å². The van der Waals surface area contributed by atoms with Gasteiger partial charge in [-0.2, -0.15) is 0 Å². The molecule has 1 aromatic carbocycles. The number of halogens is 3. The molecule has 11 heavy (non-hydrogen) atoms. The van der Waals surface area contributed by atoms with E-state index in [1.807, 2.05) is 6.07 Å². The average molecular weight is 379 g/mol. The van der Waals surface area contributed by atoms with Crippen LogP contribution in [-0.4, -0.2) is 0 Å². The van der Waals surface area contributed by atoms with Crippen molar-refractivity contribution in [2.45, 2.75) is 4.73 Å². The molecule has 1 rings (SSSR count). The monoisotopic (exact) mass is 376 g/mol. The van der Waals surface area contributed by atoms with Crippen LogP contribution in [0.25, 0.3) is 0 Å². The van der Waals surface area contributed by atoms with E-state index in [0.29, 0.717) is 0 Å². The second-order valence-electron chi connectivity index (χ2n) is 2.28. The van der Waals surface area contributed by atoms with E-state index in [-0.39, 0.29) is 0 Å². The van der Waals surface area contributed by atoms with Gasteiger partial charge in [0, 0.05) is 0 Å². The number of hydrogen-bond donors (Lipinski definition) is 0. The van der Waals surface area contributed by atoms with Crippen LogP contribution in [0.15, 0.2) is 30.3 Å². The minimum absolute atomic E-state index is 1.10. The Labute approximate surface area is 89.3 Å². The van der Waals surface area contributed by atoms with Gasteiger partial charge >= 0.3 is 90.4 Å². The molecule has 4 heteroatoms. The molecule has 0 saturated heterocycles. The fraction of sp³-hybridized carbons (Fsp3) is 0.143. The first-order chi connectivity index (χ1) is 5.08. The summed E-state index contributed by atoms with van der Waals surface area (Å²) in [6, 6.07) is 10.5. The molecule has 0 saturated carbocycles. The van der Waals surface area contributed by atoms with E-state index in [4.69, 9.17) is 0 Å². The minimum atomic E-state index is -1.92. The van der Waals surface area contributed by atoms with Crippen LogP contribution in [0.3, 0.4) is 0 Å². The molecule has 0 atom stereocenters. The molecule has 0 fully saturated rings. The molecule has 0 aromatic heterocycles. The van der Waals surface area contributed by atoms with E-state index < -0.39 is 10.3 Å². The molecule has 0 amide bonds. The van der Waals surface area contributed by atoms with Crippen LogP contribution >= 0.6 is 39.5 Å². The fourth-order valence-corrected chi connectivity index (χ4v) is 5.92. The third kappa shape index (κ3) is 4.84. The molecule has 0 nitrogen and oxygen atoms in total. The first kappa shape index (κ1) is 10.5. The van der Waals surface area contributed by atoms with Gasteiger partial charge in [0.1, 0.15) is 0 Å². The normalized spacial score (nSPS) is 11.5. The topological polar surface area (TPSA) is 0 Å². The SMILES string of the molecule is [Br][Ti]([Br])([Br])[CH2]c1ccccc1. The second kappa shape index (κ2) is 4.57. The Morgan fingerprint density at radius 2 is 1.55 bits per heavy atom. The molecule has 0 radical (unpaired) electrons. The maximum absolute atomic E-state index is 3.64. The summed E-state index contributed by atoms with van der Waals surface area (Å²) in [5.74, 6) is 0. The Kier molecular flexibility index (Phi) is 4.34. The third-order valence-corrected chi connectivity index (χ3v) is 5.98. The Morgan fingerprint density at radius 3 is 2.00 bits per heavy atom. The van der Waals surface area contributed by atoms with E-state index in [2.05, 4.69) is 63.8 Å². The van der Waals surface area contributed by atoms with Gasteiger partial charge in [0.25, 0.3) is 0 Å². The molecule has 0 heterocycles. The summed E-state index contributed by atoms with van der Waals surface area (Å²) in [5, 5.41) is 0. The van der Waals surface area contributed by atoms with Crippen molar-refractivity contribution in [2.75, 3.05) is 0 Å². The van der Waals surface area contributed by atoms with Crippen LogP contribution in [0.5, 0.6) is 0 Å². The Morgan fingerprint density at radius 1 is 1.00 bits per heavy atom. The van der Waals surface area contributed by atoms with Crippen LogP contribution in [0, 0.1) is 0 Å². The van der Waals surface area contributed by atoms with Gasteiger partial charge in [0.2, 0.25) is 0 Å². The van der Waals surface area contributed by atoms with Crippen molar-refractivity contribution in [3.8, 4) is 0 Å². The zero-order valence-electron chi connectivity index (χ0n) is 5.73. The van der Waals surface area contributed by atoms with E-state index in [0.717, 1.165) is 4.73 Å². The van der Waals surface area contributed by atoms with Gasteiger partial charge in [-0.05, 0) is 0 Å². The summed E-state index contributed by atoms with van der Waals surface area (Å²) in [6.07, 6.45) is 0. The molecule has 1 aromatic rings. The number of hydrogen-bond acceptors (Lipinski definition) is 0. The van der Waals surface area contributed by atoms with E-state index in [9.17, 15) is 0 Å². The zero-order chi connectivity index (χ0) is 8.32. The van der Waals surface area contributed by atoms with E-state index in [1.165, 1.54) is 5.56 Å². The number of rotatable bonds is 2. The van der Waals surface area contributed by atoms with Gasteiger partial charge in [0.15, 0.2) is 0 Å². The molecule has 60 valence electrons. The molecule has 0 spiro atoms. The first-order valence-corrected chi connectivity index (χ1v) is 15.9. The van der Waals surface area contributed by atoms with Gasteiger partial charge in [0.05, 0.1) is 0 Å². The van der Waals surface area contributed by atoms with E-state index in [1.54, 1.807) is 0 Å². The molecule has 0 bridgehead atoms. The van der Waals surface area contributed by atoms with E-state index >= 15 is 0 Å². The second-order valence-corrected chi connectivity index (χ2v) is 34.7. The zero-order valence-corrected chi connectivity index (χ0v) is 12.0. The summed E-state index contributed by atoms with van der Waals surface area (Å²) in [4.78, 5) is 0. The quantitative estimate of drug-likeness (QED) is 0.674. The van der Waals surface area contributed by atoms with Gasteiger partial charge in [-0.1, -0.05) is 0 Å². The molecule has 0 N–H and O–H groups in total. The first-order valence-electron chi connectivity index (χ1n) is 3.18. The Balaban J connectivity index is 2.66. The van der Waals surface area contributed by atoms with Crippen molar-refractivity contribution < 1.29 is 10.3 Å². The van der Waals surface area contributed by atoms with Crippen molar-refractivity contribution in [1.82, 2.24) is 0 Å². The van der Waals surface area contributed by atoms with Crippen molar-refractivity contribution >= 4 is 39.5 Å². The average Bonchev–Trinajstić information content (AvgIpc) is 1.85. The standard InChI is InChI=1S/C7H7.3BrH.Ti/c1-7-5-3-2-4-6-7;;;;/h2-6H,1H2;3*1H;/q;;;;+3/p-3. The molecule has 0 aliphatic carbocycles. The molecule has 0 aliphatic heterocycles. The van der Waals surface area contributed by atoms with Crippen molar-refractivity contribution in [3.63, 3.8) is 0 Å². The van der Waals surface area contributed by atoms with Crippen LogP contribution in [0.2, 0.25) is 0 Å². The predicted molar refractivity (Wildman–Crippen MR) is 56.9 cm³/mol. The summed E-state index contributed by atoms with van der Waals surface area (Å²) in [5.41, 5.74) is 1.37. The Hall–Kier alpha value is 1.37. The summed E-state index contributed by atoms with van der Waals surface area (Å²) >= 11 is 10.9. The Bertz CT molecular complexity index is 217. The van der Waals surface area contributed by atoms with Crippen LogP contribution in [-0.2, 0) is 15.0 Å². The third-order valence-electron chi connectivity index (χ3n) is 1.25. The van der Waals surface area contributed by atoms with Crippen molar-refractivity contribution in [1.29, 1.82) is 0 Å². The van der Waals surface area contributed by atoms with Crippen LogP contribution < -0.4 is 0 Å². The van der Waals surface area contributed by atoms with Crippen molar-refractivity contribution in [2.24, 2.45) is 0 Å². The molecular weight excluding hydrogens is 372 g/mol. The van der Waals surface area contributed by atoms with Gasteiger partial charge in [-0.15, -0.1) is 0 Å². The van der Waals surface area contributed by atoms with Crippen LogP contribution in [0.4, 0.5) is 0 Å². The molecule has 0 unspecified atom stereocenters.